The van der Waals surface area contributed by atoms with Crippen LogP contribution in [0.1, 0.15) is 32.6 Å². The van der Waals surface area contributed by atoms with Gasteiger partial charge in [-0.3, -0.25) is 14.4 Å². The molecule has 0 fully saturated rings. The van der Waals surface area contributed by atoms with Crippen LogP contribution in [0.25, 0.3) is 0 Å². The van der Waals surface area contributed by atoms with E-state index < -0.39 is 24.5 Å². The summed E-state index contributed by atoms with van der Waals surface area (Å²) in [5, 5.41) is 2.41. The molecule has 0 aliphatic carbocycles. The monoisotopic (exact) mass is 441 g/mol. The van der Waals surface area contributed by atoms with Crippen molar-refractivity contribution in [3.05, 3.63) is 94.4 Å². The maximum absolute atomic E-state index is 12.9. The van der Waals surface area contributed by atoms with E-state index in [-0.39, 0.29) is 11.5 Å². The van der Waals surface area contributed by atoms with Gasteiger partial charge in [0.05, 0.1) is 0 Å². The molecule has 1 atom stereocenters. The number of carbonyl (C=O) groups excluding carboxylic acids is 3. The standard InChI is InChI=1S/C21H16BrNO5/c22-17-12-11-16(27-17)21(26)23-13-18(24)28-20(15-9-5-2-6-10-15)19(25)14-7-3-1-4-8-14/h1-12,20H,13H2,(H,23,26)/t20-/m1/s1. The third kappa shape index (κ3) is 4.95. The molecular weight excluding hydrogens is 426 g/mol. The largest absolute Gasteiger partial charge is 0.448 e. The number of benzene rings is 2. The first kappa shape index (κ1) is 19.6. The molecule has 7 heteroatoms. The third-order valence-electron chi connectivity index (χ3n) is 3.84. The van der Waals surface area contributed by atoms with Crippen LogP contribution in [-0.2, 0) is 9.53 Å². The minimum Gasteiger partial charge on any atom is -0.448 e. The number of Topliss-reactive ketones (excluding diaryl/α,β-unsaturated/α-hetero) is 1. The van der Waals surface area contributed by atoms with Crippen LogP contribution in [0.4, 0.5) is 0 Å². The second kappa shape index (κ2) is 9.14. The zero-order valence-electron chi connectivity index (χ0n) is 14.6. The normalized spacial score (nSPS) is 11.5. The summed E-state index contributed by atoms with van der Waals surface area (Å²) in [5.41, 5.74) is 0.972. The number of rotatable bonds is 7. The highest BCUT2D eigenvalue weighted by Gasteiger charge is 2.26. The van der Waals surface area contributed by atoms with Gasteiger partial charge in [0.25, 0.3) is 5.91 Å². The number of carbonyl (C=O) groups is 3. The Balaban J connectivity index is 1.69. The van der Waals surface area contributed by atoms with Crippen molar-refractivity contribution in [3.63, 3.8) is 0 Å². The summed E-state index contributed by atoms with van der Waals surface area (Å²) < 4.78 is 10.9. The zero-order valence-corrected chi connectivity index (χ0v) is 16.2. The van der Waals surface area contributed by atoms with E-state index in [4.69, 9.17) is 9.15 Å². The summed E-state index contributed by atoms with van der Waals surface area (Å²) in [4.78, 5) is 37.1. The van der Waals surface area contributed by atoms with Gasteiger partial charge in [0.15, 0.2) is 16.5 Å². The number of ketones is 1. The fraction of sp³-hybridized carbons (Fsp3) is 0.0952. The van der Waals surface area contributed by atoms with Gasteiger partial charge in [0.1, 0.15) is 6.54 Å². The van der Waals surface area contributed by atoms with Gasteiger partial charge in [-0.05, 0) is 28.1 Å². The number of hydrogen-bond donors (Lipinski definition) is 1. The van der Waals surface area contributed by atoms with Crippen LogP contribution in [0.2, 0.25) is 0 Å². The SMILES string of the molecule is O=C(CNC(=O)c1ccc(Br)o1)O[C@@H](C(=O)c1ccccc1)c1ccccc1. The van der Waals surface area contributed by atoms with Crippen molar-refractivity contribution < 1.29 is 23.5 Å². The van der Waals surface area contributed by atoms with Gasteiger partial charge in [-0.1, -0.05) is 60.7 Å². The minimum absolute atomic E-state index is 0.0552. The molecule has 0 aliphatic heterocycles. The van der Waals surface area contributed by atoms with Crippen molar-refractivity contribution in [3.8, 4) is 0 Å². The van der Waals surface area contributed by atoms with E-state index in [1.807, 2.05) is 0 Å². The molecule has 0 saturated carbocycles. The number of amides is 1. The second-order valence-electron chi connectivity index (χ2n) is 5.80. The quantitative estimate of drug-likeness (QED) is 0.443. The van der Waals surface area contributed by atoms with Crippen molar-refractivity contribution in [1.82, 2.24) is 5.32 Å². The number of esters is 1. The molecule has 1 aromatic heterocycles. The van der Waals surface area contributed by atoms with Gasteiger partial charge in [-0.2, -0.15) is 0 Å². The summed E-state index contributed by atoms with van der Waals surface area (Å²) in [6, 6.07) is 20.3. The van der Waals surface area contributed by atoms with Gasteiger partial charge in [0, 0.05) is 11.1 Å². The fourth-order valence-corrected chi connectivity index (χ4v) is 2.81. The van der Waals surface area contributed by atoms with Gasteiger partial charge < -0.3 is 14.5 Å². The molecule has 142 valence electrons. The number of hydrogen-bond acceptors (Lipinski definition) is 5. The first-order chi connectivity index (χ1) is 13.5. The molecule has 1 N–H and O–H groups in total. The number of nitrogens with one attached hydrogen (secondary N) is 1. The number of furan rings is 1. The van der Waals surface area contributed by atoms with Crippen molar-refractivity contribution in [2.24, 2.45) is 0 Å². The average Bonchev–Trinajstić information content (AvgIpc) is 3.17. The molecule has 0 aliphatic rings. The lowest BCUT2D eigenvalue weighted by Crippen LogP contribution is -2.32. The molecule has 0 spiro atoms. The smallest absolute Gasteiger partial charge is 0.326 e. The molecule has 28 heavy (non-hydrogen) atoms. The predicted molar refractivity (Wildman–Crippen MR) is 105 cm³/mol. The molecule has 3 rings (SSSR count). The van der Waals surface area contributed by atoms with Gasteiger partial charge in [-0.15, -0.1) is 0 Å². The summed E-state index contributed by atoms with van der Waals surface area (Å²) in [5.74, 6) is -1.59. The molecule has 6 nitrogen and oxygen atoms in total. The topological polar surface area (TPSA) is 85.6 Å². The molecule has 3 aromatic rings. The van der Waals surface area contributed by atoms with Gasteiger partial charge >= 0.3 is 5.97 Å². The predicted octanol–water partition coefficient (Wildman–Crippen LogP) is 3.94. The molecule has 2 aromatic carbocycles. The lowest BCUT2D eigenvalue weighted by Gasteiger charge is -2.17. The summed E-state index contributed by atoms with van der Waals surface area (Å²) >= 11 is 3.10. The van der Waals surface area contributed by atoms with Crippen LogP contribution in [-0.4, -0.2) is 24.2 Å². The Labute approximate surface area is 169 Å². The minimum atomic E-state index is -1.11. The Bertz CT molecular complexity index is 969. The highest BCUT2D eigenvalue weighted by molar-refractivity contribution is 9.10. The number of ether oxygens (including phenoxy) is 1. The van der Waals surface area contributed by atoms with E-state index in [1.54, 1.807) is 66.7 Å². The Morgan fingerprint density at radius 1 is 0.929 bits per heavy atom. The molecule has 1 amide bonds. The molecule has 0 unspecified atom stereocenters. The van der Waals surface area contributed by atoms with Crippen molar-refractivity contribution in [1.29, 1.82) is 0 Å². The fourth-order valence-electron chi connectivity index (χ4n) is 2.50. The first-order valence-electron chi connectivity index (χ1n) is 8.42. The zero-order chi connectivity index (χ0) is 19.9. The van der Waals surface area contributed by atoms with Crippen molar-refractivity contribution in [2.45, 2.75) is 6.10 Å². The highest BCUT2D eigenvalue weighted by Crippen LogP contribution is 2.22. The van der Waals surface area contributed by atoms with E-state index in [2.05, 4.69) is 21.2 Å². The maximum atomic E-state index is 12.9. The molecule has 0 bridgehead atoms. The lowest BCUT2D eigenvalue weighted by molar-refractivity contribution is -0.146. The third-order valence-corrected chi connectivity index (χ3v) is 4.26. The molecule has 1 heterocycles. The summed E-state index contributed by atoms with van der Waals surface area (Å²) in [6.07, 6.45) is -1.11. The van der Waals surface area contributed by atoms with Crippen LogP contribution in [0, 0.1) is 0 Å². The summed E-state index contributed by atoms with van der Waals surface area (Å²) in [6.45, 7) is -0.400. The van der Waals surface area contributed by atoms with Crippen LogP contribution < -0.4 is 5.32 Å². The Morgan fingerprint density at radius 3 is 2.18 bits per heavy atom. The van der Waals surface area contributed by atoms with Crippen LogP contribution in [0.5, 0.6) is 0 Å². The van der Waals surface area contributed by atoms with E-state index in [1.165, 1.54) is 6.07 Å². The van der Waals surface area contributed by atoms with Crippen LogP contribution >= 0.6 is 15.9 Å². The maximum Gasteiger partial charge on any atom is 0.326 e. The van der Waals surface area contributed by atoms with Crippen LogP contribution in [0.15, 0.2) is 81.9 Å². The Hall–Kier alpha value is -3.19. The first-order valence-corrected chi connectivity index (χ1v) is 9.21. The van der Waals surface area contributed by atoms with Crippen molar-refractivity contribution >= 4 is 33.6 Å². The molecule has 0 saturated heterocycles. The lowest BCUT2D eigenvalue weighted by atomic mass is 10.00. The molecular formula is C21H16BrNO5. The van der Waals surface area contributed by atoms with Crippen LogP contribution in [0.3, 0.4) is 0 Å². The number of halogens is 1. The van der Waals surface area contributed by atoms with Gasteiger partial charge in [0.2, 0.25) is 5.78 Å². The second-order valence-corrected chi connectivity index (χ2v) is 6.58. The average molecular weight is 442 g/mol. The van der Waals surface area contributed by atoms with Crippen molar-refractivity contribution in [2.75, 3.05) is 6.54 Å². The Kier molecular flexibility index (Phi) is 6.39. The van der Waals surface area contributed by atoms with E-state index >= 15 is 0 Å². The van der Waals surface area contributed by atoms with E-state index in [9.17, 15) is 14.4 Å². The summed E-state index contributed by atoms with van der Waals surface area (Å²) in [7, 11) is 0. The Morgan fingerprint density at radius 2 is 1.57 bits per heavy atom. The van der Waals surface area contributed by atoms with E-state index in [0.717, 1.165) is 0 Å². The van der Waals surface area contributed by atoms with E-state index in [0.29, 0.717) is 15.8 Å². The highest BCUT2D eigenvalue weighted by atomic mass is 79.9. The van der Waals surface area contributed by atoms with Gasteiger partial charge in [-0.25, -0.2) is 0 Å². The molecule has 0 radical (unpaired) electrons.